The fourth-order valence-corrected chi connectivity index (χ4v) is 2.87. The molecule has 0 radical (unpaired) electrons. The summed E-state index contributed by atoms with van der Waals surface area (Å²) in [4.78, 5) is 12.8. The Morgan fingerprint density at radius 3 is 3.09 bits per heavy atom. The second-order valence-corrected chi connectivity index (χ2v) is 5.85. The number of aromatic nitrogens is 4. The van der Waals surface area contributed by atoms with Gasteiger partial charge in [-0.2, -0.15) is 9.61 Å². The van der Waals surface area contributed by atoms with Crippen LogP contribution in [0.1, 0.15) is 17.0 Å². The minimum Gasteiger partial charge on any atom is -0.495 e. The molecule has 2 heterocycles. The van der Waals surface area contributed by atoms with Crippen LogP contribution in [0.4, 0.5) is 5.69 Å². The molecular weight excluding hydrogens is 302 g/mol. The van der Waals surface area contributed by atoms with Crippen LogP contribution < -0.4 is 10.1 Å². The normalized spacial score (nSPS) is 10.8. The molecule has 0 aliphatic carbocycles. The fraction of sp³-hybridized carbons (Fsp3) is 0.286. The average molecular weight is 317 g/mol. The summed E-state index contributed by atoms with van der Waals surface area (Å²) < 4.78 is 6.86. The van der Waals surface area contributed by atoms with E-state index in [1.807, 2.05) is 25.1 Å². The Labute approximate surface area is 130 Å². The molecular formula is C14H15N5O2S. The predicted molar refractivity (Wildman–Crippen MR) is 83.3 cm³/mol. The van der Waals surface area contributed by atoms with Gasteiger partial charge >= 0.3 is 0 Å². The highest BCUT2D eigenvalue weighted by atomic mass is 32.1. The Kier molecular flexibility index (Phi) is 4.01. The van der Waals surface area contributed by atoms with Crippen molar-refractivity contribution in [3.05, 3.63) is 35.1 Å². The van der Waals surface area contributed by atoms with Crippen LogP contribution in [0.15, 0.2) is 24.5 Å². The zero-order chi connectivity index (χ0) is 15.5. The highest BCUT2D eigenvalue weighted by molar-refractivity contribution is 7.16. The molecule has 3 rings (SSSR count). The number of nitrogens with zero attached hydrogens (tertiary/aromatic N) is 4. The smallest absolute Gasteiger partial charge is 0.234 e. The Balaban J connectivity index is 1.62. The van der Waals surface area contributed by atoms with Crippen molar-refractivity contribution in [1.29, 1.82) is 0 Å². The van der Waals surface area contributed by atoms with Crippen molar-refractivity contribution < 1.29 is 9.53 Å². The summed E-state index contributed by atoms with van der Waals surface area (Å²) in [6.45, 7) is 1.97. The van der Waals surface area contributed by atoms with Gasteiger partial charge in [-0.05, 0) is 24.6 Å². The number of amides is 1. The van der Waals surface area contributed by atoms with Crippen molar-refractivity contribution in [3.63, 3.8) is 0 Å². The van der Waals surface area contributed by atoms with Crippen molar-refractivity contribution in [1.82, 2.24) is 19.8 Å². The zero-order valence-electron chi connectivity index (χ0n) is 12.2. The number of hydrogen-bond acceptors (Lipinski definition) is 6. The number of hydrogen-bond donors (Lipinski definition) is 1. The van der Waals surface area contributed by atoms with E-state index in [2.05, 4.69) is 20.6 Å². The summed E-state index contributed by atoms with van der Waals surface area (Å²) in [6.07, 6.45) is 2.46. The lowest BCUT2D eigenvalue weighted by atomic mass is 10.2. The first-order valence-electron chi connectivity index (χ1n) is 6.76. The van der Waals surface area contributed by atoms with Gasteiger partial charge < -0.3 is 10.1 Å². The van der Waals surface area contributed by atoms with Gasteiger partial charge in [-0.15, -0.1) is 10.2 Å². The number of rotatable bonds is 5. The Morgan fingerprint density at radius 1 is 1.45 bits per heavy atom. The van der Waals surface area contributed by atoms with Crippen molar-refractivity contribution in [3.8, 4) is 5.75 Å². The lowest BCUT2D eigenvalue weighted by Gasteiger charge is -2.10. The average Bonchev–Trinajstić information content (AvgIpc) is 3.06. The minimum absolute atomic E-state index is 0.0742. The number of carbonyl (C=O) groups is 1. The highest BCUT2D eigenvalue weighted by Crippen LogP contribution is 2.25. The monoisotopic (exact) mass is 317 g/mol. The van der Waals surface area contributed by atoms with Gasteiger partial charge in [-0.1, -0.05) is 17.4 Å². The Morgan fingerprint density at radius 2 is 2.32 bits per heavy atom. The van der Waals surface area contributed by atoms with Gasteiger partial charge in [0.25, 0.3) is 0 Å². The summed E-state index contributed by atoms with van der Waals surface area (Å²) in [7, 11) is 1.58. The molecule has 0 aliphatic heterocycles. The van der Waals surface area contributed by atoms with E-state index < -0.39 is 0 Å². The molecule has 0 spiro atoms. The molecule has 8 heteroatoms. The molecule has 0 unspecified atom stereocenters. The molecule has 3 aromatic rings. The molecule has 1 N–H and O–H groups in total. The zero-order valence-corrected chi connectivity index (χ0v) is 13.1. The van der Waals surface area contributed by atoms with Gasteiger partial charge in [0.1, 0.15) is 17.1 Å². The number of methoxy groups -OCH3 is 1. The Bertz CT molecular complexity index is 782. The lowest BCUT2D eigenvalue weighted by Crippen LogP contribution is -2.13. The minimum atomic E-state index is -0.0742. The second-order valence-electron chi connectivity index (χ2n) is 4.81. The van der Waals surface area contributed by atoms with Crippen molar-refractivity contribution in [2.45, 2.75) is 19.8 Å². The fourth-order valence-electron chi connectivity index (χ4n) is 2.05. The van der Waals surface area contributed by atoms with Gasteiger partial charge in [0.05, 0.1) is 12.8 Å². The molecule has 0 bridgehead atoms. The second kappa shape index (κ2) is 6.10. The maximum atomic E-state index is 12.1. The van der Waals surface area contributed by atoms with E-state index in [4.69, 9.17) is 4.74 Å². The van der Waals surface area contributed by atoms with E-state index in [0.717, 1.165) is 15.5 Å². The van der Waals surface area contributed by atoms with Crippen molar-refractivity contribution >= 4 is 27.9 Å². The molecule has 1 amide bonds. The third-order valence-corrected chi connectivity index (χ3v) is 4.10. The maximum Gasteiger partial charge on any atom is 0.234 e. The largest absolute Gasteiger partial charge is 0.495 e. The summed E-state index contributed by atoms with van der Waals surface area (Å²) in [5.41, 5.74) is 1.75. The molecule has 0 saturated carbocycles. The maximum absolute atomic E-state index is 12.1. The quantitative estimate of drug-likeness (QED) is 0.779. The van der Waals surface area contributed by atoms with Gasteiger partial charge in [-0.25, -0.2) is 0 Å². The van der Waals surface area contributed by atoms with Crippen LogP contribution in [0.3, 0.4) is 0 Å². The summed E-state index contributed by atoms with van der Waals surface area (Å²) in [5.74, 6) is 0.576. The van der Waals surface area contributed by atoms with Crippen LogP contribution >= 0.6 is 11.3 Å². The van der Waals surface area contributed by atoms with Gasteiger partial charge in [0, 0.05) is 12.8 Å². The number of ether oxygens (including phenoxy) is 1. The molecule has 0 fully saturated rings. The van der Waals surface area contributed by atoms with E-state index in [1.165, 1.54) is 11.3 Å². The predicted octanol–water partition coefficient (Wildman–Crippen LogP) is 2.07. The number of anilines is 1. The molecule has 0 saturated heterocycles. The lowest BCUT2D eigenvalue weighted by molar-refractivity contribution is -0.116. The molecule has 22 heavy (non-hydrogen) atoms. The molecule has 1 aromatic carbocycles. The number of nitrogens with one attached hydrogen (secondary N) is 1. The number of benzene rings is 1. The van der Waals surface area contributed by atoms with Crippen LogP contribution in [-0.2, 0) is 11.2 Å². The van der Waals surface area contributed by atoms with E-state index in [9.17, 15) is 4.79 Å². The summed E-state index contributed by atoms with van der Waals surface area (Å²) >= 11 is 1.44. The number of fused-ring (bicyclic) bond motifs is 1. The van der Waals surface area contributed by atoms with Crippen LogP contribution in [-0.4, -0.2) is 32.8 Å². The van der Waals surface area contributed by atoms with Gasteiger partial charge in [-0.3, -0.25) is 4.79 Å². The van der Waals surface area contributed by atoms with E-state index in [1.54, 1.807) is 18.0 Å². The van der Waals surface area contributed by atoms with E-state index >= 15 is 0 Å². The standard InChI is InChI=1S/C14H15N5O2S/c1-9-3-4-11(21-2)10(7-9)16-12(20)5-6-13-18-19-8-15-17-14(19)22-13/h3-4,7-8H,5-6H2,1-2H3,(H,16,20). The van der Waals surface area contributed by atoms with Crippen LogP contribution in [0.2, 0.25) is 0 Å². The van der Waals surface area contributed by atoms with Crippen molar-refractivity contribution in [2.24, 2.45) is 0 Å². The summed E-state index contributed by atoms with van der Waals surface area (Å²) in [6, 6.07) is 5.67. The van der Waals surface area contributed by atoms with Gasteiger partial charge in [0.15, 0.2) is 0 Å². The topological polar surface area (TPSA) is 81.4 Å². The van der Waals surface area contributed by atoms with E-state index in [-0.39, 0.29) is 5.91 Å². The molecule has 114 valence electrons. The SMILES string of the molecule is COc1ccc(C)cc1NC(=O)CCc1nn2cnnc2s1. The first-order chi connectivity index (χ1) is 10.7. The molecule has 2 aromatic heterocycles. The first-order valence-corrected chi connectivity index (χ1v) is 7.57. The highest BCUT2D eigenvalue weighted by Gasteiger charge is 2.11. The first kappa shape index (κ1) is 14.5. The molecule has 0 aliphatic rings. The van der Waals surface area contributed by atoms with Gasteiger partial charge in [0.2, 0.25) is 10.9 Å². The third-order valence-electron chi connectivity index (χ3n) is 3.12. The third kappa shape index (κ3) is 3.06. The number of carbonyl (C=O) groups excluding carboxylic acids is 1. The molecule has 7 nitrogen and oxygen atoms in total. The Hall–Kier alpha value is -2.48. The number of aryl methyl sites for hydroxylation is 2. The molecule has 0 atom stereocenters. The van der Waals surface area contributed by atoms with E-state index in [0.29, 0.717) is 24.3 Å². The van der Waals surface area contributed by atoms with Crippen LogP contribution in [0, 0.1) is 6.92 Å². The van der Waals surface area contributed by atoms with Crippen LogP contribution in [0.5, 0.6) is 5.75 Å². The van der Waals surface area contributed by atoms with Crippen molar-refractivity contribution in [2.75, 3.05) is 12.4 Å². The van der Waals surface area contributed by atoms with Crippen LogP contribution in [0.25, 0.3) is 4.96 Å². The summed E-state index contributed by atoms with van der Waals surface area (Å²) in [5, 5.41) is 15.7.